The van der Waals surface area contributed by atoms with E-state index in [9.17, 15) is 13.2 Å². The molecule has 0 aliphatic carbocycles. The Labute approximate surface area is 101 Å². The largest absolute Gasteiger partial charge is 0.462 e. The molecule has 0 atom stereocenters. The number of ether oxygens (including phenoxy) is 1. The van der Waals surface area contributed by atoms with Crippen LogP contribution in [0.1, 0.15) is 24.2 Å². The lowest BCUT2D eigenvalue weighted by atomic mass is 10.2. The second-order valence-corrected chi connectivity index (χ2v) is 5.02. The van der Waals surface area contributed by atoms with Crippen LogP contribution in [0.3, 0.4) is 0 Å². The van der Waals surface area contributed by atoms with Crippen molar-refractivity contribution >= 4 is 16.0 Å². The fourth-order valence-electron chi connectivity index (χ4n) is 1.28. The summed E-state index contributed by atoms with van der Waals surface area (Å²) in [6.07, 6.45) is 0. The Hall–Kier alpha value is -1.40. The van der Waals surface area contributed by atoms with Gasteiger partial charge in [-0.1, -0.05) is 13.0 Å². The van der Waals surface area contributed by atoms with Crippen LogP contribution in [-0.4, -0.2) is 27.5 Å². The highest BCUT2D eigenvalue weighted by molar-refractivity contribution is 7.89. The fourth-order valence-corrected chi connectivity index (χ4v) is 2.36. The average molecular weight is 257 g/mol. The van der Waals surface area contributed by atoms with Crippen molar-refractivity contribution in [2.24, 2.45) is 0 Å². The first-order valence-electron chi connectivity index (χ1n) is 5.28. The summed E-state index contributed by atoms with van der Waals surface area (Å²) in [4.78, 5) is 11.5. The maximum Gasteiger partial charge on any atom is 0.338 e. The zero-order chi connectivity index (χ0) is 12.9. The third-order valence-electron chi connectivity index (χ3n) is 1.99. The van der Waals surface area contributed by atoms with Crippen LogP contribution in [0.4, 0.5) is 0 Å². The van der Waals surface area contributed by atoms with E-state index in [0.29, 0.717) is 6.54 Å². The second-order valence-electron chi connectivity index (χ2n) is 3.25. The summed E-state index contributed by atoms with van der Waals surface area (Å²) in [6.45, 7) is 3.93. The molecule has 17 heavy (non-hydrogen) atoms. The van der Waals surface area contributed by atoms with E-state index in [1.54, 1.807) is 13.8 Å². The molecule has 0 amide bonds. The molecule has 0 aromatic heterocycles. The standard InChI is InChI=1S/C11H15NO4S/c1-3-12-17(14,15)10-7-5-6-9(8-10)11(13)16-4-2/h5-8,12H,3-4H2,1-2H3. The number of rotatable bonds is 5. The van der Waals surface area contributed by atoms with Gasteiger partial charge in [0.05, 0.1) is 17.1 Å². The summed E-state index contributed by atoms with van der Waals surface area (Å²) in [7, 11) is -3.54. The van der Waals surface area contributed by atoms with Crippen LogP contribution >= 0.6 is 0 Å². The number of carbonyl (C=O) groups excluding carboxylic acids is 1. The molecule has 0 saturated heterocycles. The first kappa shape index (κ1) is 13.7. The van der Waals surface area contributed by atoms with Crippen molar-refractivity contribution in [3.8, 4) is 0 Å². The minimum atomic E-state index is -3.54. The van der Waals surface area contributed by atoms with Crippen molar-refractivity contribution in [2.75, 3.05) is 13.2 Å². The van der Waals surface area contributed by atoms with E-state index in [1.807, 2.05) is 0 Å². The molecule has 0 unspecified atom stereocenters. The molecular formula is C11H15NO4S. The van der Waals surface area contributed by atoms with Crippen molar-refractivity contribution in [2.45, 2.75) is 18.7 Å². The van der Waals surface area contributed by atoms with E-state index in [2.05, 4.69) is 4.72 Å². The lowest BCUT2D eigenvalue weighted by Crippen LogP contribution is -2.23. The Morgan fingerprint density at radius 1 is 1.35 bits per heavy atom. The minimum Gasteiger partial charge on any atom is -0.462 e. The highest BCUT2D eigenvalue weighted by Crippen LogP contribution is 2.12. The van der Waals surface area contributed by atoms with Gasteiger partial charge < -0.3 is 4.74 Å². The SMILES string of the molecule is CCNS(=O)(=O)c1cccc(C(=O)OCC)c1. The van der Waals surface area contributed by atoms with Crippen LogP contribution in [0.25, 0.3) is 0 Å². The van der Waals surface area contributed by atoms with E-state index in [4.69, 9.17) is 4.74 Å². The van der Waals surface area contributed by atoms with Crippen molar-refractivity contribution in [1.29, 1.82) is 0 Å². The number of hydrogen-bond acceptors (Lipinski definition) is 4. The fraction of sp³-hybridized carbons (Fsp3) is 0.364. The molecule has 94 valence electrons. The summed E-state index contributed by atoms with van der Waals surface area (Å²) < 4.78 is 30.6. The van der Waals surface area contributed by atoms with Gasteiger partial charge in [-0.05, 0) is 25.1 Å². The van der Waals surface area contributed by atoms with Gasteiger partial charge in [0.15, 0.2) is 0 Å². The predicted octanol–water partition coefficient (Wildman–Crippen LogP) is 1.16. The maximum absolute atomic E-state index is 11.7. The predicted molar refractivity (Wildman–Crippen MR) is 63.3 cm³/mol. The normalized spacial score (nSPS) is 11.2. The second kappa shape index (κ2) is 5.79. The summed E-state index contributed by atoms with van der Waals surface area (Å²) >= 11 is 0. The Morgan fingerprint density at radius 3 is 2.65 bits per heavy atom. The number of hydrogen-bond donors (Lipinski definition) is 1. The Bertz CT molecular complexity index is 496. The Morgan fingerprint density at radius 2 is 2.06 bits per heavy atom. The van der Waals surface area contributed by atoms with Crippen molar-refractivity contribution in [1.82, 2.24) is 4.72 Å². The monoisotopic (exact) mass is 257 g/mol. The van der Waals surface area contributed by atoms with E-state index in [1.165, 1.54) is 24.3 Å². The molecule has 0 saturated carbocycles. The Balaban J connectivity index is 3.05. The van der Waals surface area contributed by atoms with Crippen molar-refractivity contribution in [3.05, 3.63) is 29.8 Å². The van der Waals surface area contributed by atoms with Gasteiger partial charge in [0, 0.05) is 6.54 Å². The summed E-state index contributed by atoms with van der Waals surface area (Å²) in [5.41, 5.74) is 0.228. The van der Waals surface area contributed by atoms with Crippen LogP contribution in [0, 0.1) is 0 Å². The molecule has 0 fully saturated rings. The quantitative estimate of drug-likeness (QED) is 0.803. The number of carbonyl (C=O) groups is 1. The number of nitrogens with one attached hydrogen (secondary N) is 1. The van der Waals surface area contributed by atoms with E-state index in [-0.39, 0.29) is 17.1 Å². The van der Waals surface area contributed by atoms with Gasteiger partial charge in [-0.15, -0.1) is 0 Å². The minimum absolute atomic E-state index is 0.0601. The zero-order valence-electron chi connectivity index (χ0n) is 9.76. The first-order valence-corrected chi connectivity index (χ1v) is 6.76. The number of benzene rings is 1. The van der Waals surface area contributed by atoms with Gasteiger partial charge >= 0.3 is 5.97 Å². The van der Waals surface area contributed by atoms with Crippen LogP contribution in [0.2, 0.25) is 0 Å². The molecule has 1 N–H and O–H groups in total. The van der Waals surface area contributed by atoms with E-state index < -0.39 is 16.0 Å². The molecule has 0 radical (unpaired) electrons. The molecule has 0 bridgehead atoms. The molecule has 1 rings (SSSR count). The van der Waals surface area contributed by atoms with E-state index in [0.717, 1.165) is 0 Å². The van der Waals surface area contributed by atoms with Gasteiger partial charge in [0.2, 0.25) is 10.0 Å². The van der Waals surface area contributed by atoms with Crippen LogP contribution in [0.5, 0.6) is 0 Å². The summed E-state index contributed by atoms with van der Waals surface area (Å²) in [6, 6.07) is 5.76. The summed E-state index contributed by atoms with van der Waals surface area (Å²) in [5.74, 6) is -0.527. The molecule has 5 nitrogen and oxygen atoms in total. The smallest absolute Gasteiger partial charge is 0.338 e. The van der Waals surface area contributed by atoms with Crippen LogP contribution in [0.15, 0.2) is 29.2 Å². The van der Waals surface area contributed by atoms with Crippen molar-refractivity contribution in [3.63, 3.8) is 0 Å². The molecule has 0 aliphatic heterocycles. The van der Waals surface area contributed by atoms with Crippen molar-refractivity contribution < 1.29 is 17.9 Å². The van der Waals surface area contributed by atoms with Gasteiger partial charge in [-0.2, -0.15) is 0 Å². The van der Waals surface area contributed by atoms with Crippen LogP contribution < -0.4 is 4.72 Å². The molecule has 6 heteroatoms. The lowest BCUT2D eigenvalue weighted by Gasteiger charge is -2.06. The summed E-state index contributed by atoms with van der Waals surface area (Å²) in [5, 5.41) is 0. The highest BCUT2D eigenvalue weighted by Gasteiger charge is 2.15. The molecule has 1 aromatic rings. The molecule has 0 spiro atoms. The number of sulfonamides is 1. The van der Waals surface area contributed by atoms with Gasteiger partial charge in [-0.3, -0.25) is 0 Å². The third-order valence-corrected chi connectivity index (χ3v) is 3.53. The zero-order valence-corrected chi connectivity index (χ0v) is 10.6. The maximum atomic E-state index is 11.7. The van der Waals surface area contributed by atoms with Crippen LogP contribution in [-0.2, 0) is 14.8 Å². The number of esters is 1. The lowest BCUT2D eigenvalue weighted by molar-refractivity contribution is 0.0526. The van der Waals surface area contributed by atoms with E-state index >= 15 is 0 Å². The van der Waals surface area contributed by atoms with Gasteiger partial charge in [-0.25, -0.2) is 17.9 Å². The molecule has 0 heterocycles. The molecular weight excluding hydrogens is 242 g/mol. The first-order chi connectivity index (χ1) is 8.01. The van der Waals surface area contributed by atoms with Gasteiger partial charge in [0.25, 0.3) is 0 Å². The third kappa shape index (κ3) is 3.54. The Kier molecular flexibility index (Phi) is 4.65. The van der Waals surface area contributed by atoms with Gasteiger partial charge in [0.1, 0.15) is 0 Å². The highest BCUT2D eigenvalue weighted by atomic mass is 32.2. The topological polar surface area (TPSA) is 72.5 Å². The average Bonchev–Trinajstić information content (AvgIpc) is 2.29. The molecule has 0 aliphatic rings. The molecule has 1 aromatic carbocycles.